The van der Waals surface area contributed by atoms with E-state index >= 15 is 0 Å². The first-order valence-corrected chi connectivity index (χ1v) is 3.18. The SMILES string of the molecule is O/C=C1/O[C@H](CO)[C@@H](O)[C@@H]1O. The zero-order chi connectivity index (χ0) is 8.43. The van der Waals surface area contributed by atoms with Gasteiger partial charge in [0.05, 0.1) is 6.61 Å². The topological polar surface area (TPSA) is 90.2 Å². The van der Waals surface area contributed by atoms with Gasteiger partial charge in [-0.1, -0.05) is 0 Å². The average Bonchev–Trinajstić information content (AvgIpc) is 2.30. The zero-order valence-corrected chi connectivity index (χ0v) is 5.71. The summed E-state index contributed by atoms with van der Waals surface area (Å²) in [7, 11) is 0. The fourth-order valence-electron chi connectivity index (χ4n) is 0.938. The van der Waals surface area contributed by atoms with E-state index in [0.717, 1.165) is 0 Å². The molecule has 64 valence electrons. The van der Waals surface area contributed by atoms with E-state index in [1.165, 1.54) is 0 Å². The van der Waals surface area contributed by atoms with Crippen molar-refractivity contribution in [2.45, 2.75) is 18.3 Å². The Morgan fingerprint density at radius 3 is 2.36 bits per heavy atom. The Morgan fingerprint density at radius 1 is 1.45 bits per heavy atom. The second-order valence-corrected chi connectivity index (χ2v) is 2.31. The van der Waals surface area contributed by atoms with Gasteiger partial charge in [0.1, 0.15) is 18.5 Å². The summed E-state index contributed by atoms with van der Waals surface area (Å²) in [6, 6.07) is 0. The van der Waals surface area contributed by atoms with Crippen LogP contribution in [0.1, 0.15) is 0 Å². The molecule has 0 amide bonds. The maximum Gasteiger partial charge on any atom is 0.162 e. The van der Waals surface area contributed by atoms with E-state index in [9.17, 15) is 0 Å². The molecular formula is C6H10O5. The molecule has 0 unspecified atom stereocenters. The Hall–Kier alpha value is -0.780. The van der Waals surface area contributed by atoms with Gasteiger partial charge in [-0.2, -0.15) is 0 Å². The first kappa shape index (κ1) is 8.32. The Balaban J connectivity index is 2.68. The molecule has 0 aliphatic carbocycles. The molecule has 3 atom stereocenters. The van der Waals surface area contributed by atoms with Gasteiger partial charge in [0.15, 0.2) is 11.9 Å². The first-order chi connectivity index (χ1) is 5.20. The minimum Gasteiger partial charge on any atom is -0.512 e. The highest BCUT2D eigenvalue weighted by atomic mass is 16.5. The molecule has 1 fully saturated rings. The molecule has 1 saturated heterocycles. The number of rotatable bonds is 1. The van der Waals surface area contributed by atoms with Crippen LogP contribution in [0.4, 0.5) is 0 Å². The molecule has 5 heteroatoms. The lowest BCUT2D eigenvalue weighted by Crippen LogP contribution is -2.31. The van der Waals surface area contributed by atoms with Gasteiger partial charge in [-0.25, -0.2) is 0 Å². The zero-order valence-electron chi connectivity index (χ0n) is 5.71. The summed E-state index contributed by atoms with van der Waals surface area (Å²) in [5.74, 6) is -0.114. The first-order valence-electron chi connectivity index (χ1n) is 3.18. The van der Waals surface area contributed by atoms with Crippen molar-refractivity contribution in [2.24, 2.45) is 0 Å². The molecule has 1 aliphatic heterocycles. The standard InChI is InChI=1S/C6H10O5/c7-1-3-5(9)6(10)4(2-8)11-3/h1,4-10H,2H2/b3-1+/t4-,5-,6-/m1/s1. The Morgan fingerprint density at radius 2 is 2.09 bits per heavy atom. The minimum atomic E-state index is -1.24. The van der Waals surface area contributed by atoms with Gasteiger partial charge in [0.25, 0.3) is 0 Å². The van der Waals surface area contributed by atoms with E-state index in [2.05, 4.69) is 0 Å². The molecule has 0 saturated carbocycles. The lowest BCUT2D eigenvalue weighted by atomic mass is 10.1. The summed E-state index contributed by atoms with van der Waals surface area (Å²) in [6.45, 7) is -0.393. The molecule has 0 aromatic rings. The van der Waals surface area contributed by atoms with Crippen LogP contribution < -0.4 is 0 Å². The normalized spacial score (nSPS) is 41.0. The quantitative estimate of drug-likeness (QED) is 0.352. The second-order valence-electron chi connectivity index (χ2n) is 2.31. The van der Waals surface area contributed by atoms with Crippen LogP contribution in [-0.4, -0.2) is 45.3 Å². The van der Waals surface area contributed by atoms with Crippen LogP contribution >= 0.6 is 0 Å². The Kier molecular flexibility index (Phi) is 2.33. The molecule has 1 heterocycles. The molecule has 4 N–H and O–H groups in total. The predicted octanol–water partition coefficient (Wildman–Crippen LogP) is -1.50. The van der Waals surface area contributed by atoms with E-state index < -0.39 is 24.9 Å². The number of aliphatic hydroxyl groups is 4. The van der Waals surface area contributed by atoms with Crippen molar-refractivity contribution in [1.82, 2.24) is 0 Å². The van der Waals surface area contributed by atoms with Crippen LogP contribution in [0.15, 0.2) is 12.0 Å². The number of hydrogen-bond donors (Lipinski definition) is 4. The molecule has 11 heavy (non-hydrogen) atoms. The highest BCUT2D eigenvalue weighted by Crippen LogP contribution is 2.23. The summed E-state index contributed by atoms with van der Waals surface area (Å²) in [4.78, 5) is 0. The lowest BCUT2D eigenvalue weighted by Gasteiger charge is -2.09. The molecule has 0 bridgehead atoms. The van der Waals surface area contributed by atoms with E-state index in [0.29, 0.717) is 6.26 Å². The summed E-state index contributed by atoms with van der Waals surface area (Å²) < 4.78 is 4.75. The van der Waals surface area contributed by atoms with Crippen molar-refractivity contribution in [3.8, 4) is 0 Å². The third kappa shape index (κ3) is 1.30. The van der Waals surface area contributed by atoms with Crippen LogP contribution in [0.3, 0.4) is 0 Å². The van der Waals surface area contributed by atoms with Crippen LogP contribution in [0.2, 0.25) is 0 Å². The van der Waals surface area contributed by atoms with Gasteiger partial charge in [0, 0.05) is 0 Å². The Bertz CT molecular complexity index is 166. The van der Waals surface area contributed by atoms with Crippen molar-refractivity contribution in [3.63, 3.8) is 0 Å². The van der Waals surface area contributed by atoms with Crippen LogP contribution in [0, 0.1) is 0 Å². The number of aliphatic hydroxyl groups excluding tert-OH is 4. The molecule has 0 radical (unpaired) electrons. The maximum absolute atomic E-state index is 9.07. The molecule has 1 rings (SSSR count). The summed E-state index contributed by atoms with van der Waals surface area (Å²) in [5.41, 5.74) is 0. The third-order valence-corrected chi connectivity index (χ3v) is 1.59. The van der Waals surface area contributed by atoms with Gasteiger partial charge in [0.2, 0.25) is 0 Å². The summed E-state index contributed by atoms with van der Waals surface area (Å²) >= 11 is 0. The summed E-state index contributed by atoms with van der Waals surface area (Å²) in [5, 5.41) is 35.1. The van der Waals surface area contributed by atoms with Crippen LogP contribution in [-0.2, 0) is 4.74 Å². The molecule has 0 spiro atoms. The van der Waals surface area contributed by atoms with E-state index in [4.69, 9.17) is 25.2 Å². The van der Waals surface area contributed by atoms with Gasteiger partial charge >= 0.3 is 0 Å². The maximum atomic E-state index is 9.07. The highest BCUT2D eigenvalue weighted by molar-refractivity contribution is 5.07. The van der Waals surface area contributed by atoms with Crippen molar-refractivity contribution >= 4 is 0 Å². The molecule has 1 aliphatic rings. The van der Waals surface area contributed by atoms with Gasteiger partial charge in [-0.15, -0.1) is 0 Å². The predicted molar refractivity (Wildman–Crippen MR) is 34.7 cm³/mol. The Labute approximate surface area is 63.2 Å². The van der Waals surface area contributed by atoms with Crippen molar-refractivity contribution in [2.75, 3.05) is 6.61 Å². The average molecular weight is 162 g/mol. The van der Waals surface area contributed by atoms with Crippen molar-refractivity contribution in [3.05, 3.63) is 12.0 Å². The second kappa shape index (κ2) is 3.08. The molecule has 0 aromatic heterocycles. The van der Waals surface area contributed by atoms with Crippen molar-refractivity contribution < 1.29 is 25.2 Å². The fourth-order valence-corrected chi connectivity index (χ4v) is 0.938. The summed E-state index contributed by atoms with van der Waals surface area (Å²) in [6.07, 6.45) is -2.68. The van der Waals surface area contributed by atoms with Crippen LogP contribution in [0.25, 0.3) is 0 Å². The van der Waals surface area contributed by atoms with Gasteiger partial charge in [-0.3, -0.25) is 0 Å². The van der Waals surface area contributed by atoms with E-state index in [-0.39, 0.29) is 5.76 Å². The number of ether oxygens (including phenoxy) is 1. The van der Waals surface area contributed by atoms with E-state index in [1.54, 1.807) is 0 Å². The third-order valence-electron chi connectivity index (χ3n) is 1.59. The largest absolute Gasteiger partial charge is 0.512 e. The van der Waals surface area contributed by atoms with E-state index in [1.807, 2.05) is 0 Å². The molecule has 5 nitrogen and oxygen atoms in total. The monoisotopic (exact) mass is 162 g/mol. The van der Waals surface area contributed by atoms with Crippen molar-refractivity contribution in [1.29, 1.82) is 0 Å². The smallest absolute Gasteiger partial charge is 0.162 e. The lowest BCUT2D eigenvalue weighted by molar-refractivity contribution is -0.00302. The van der Waals surface area contributed by atoms with Gasteiger partial charge in [-0.05, 0) is 0 Å². The molecular weight excluding hydrogens is 152 g/mol. The molecule has 0 aromatic carbocycles. The fraction of sp³-hybridized carbons (Fsp3) is 0.667. The highest BCUT2D eigenvalue weighted by Gasteiger charge is 2.39. The van der Waals surface area contributed by atoms with Gasteiger partial charge < -0.3 is 25.2 Å². The minimum absolute atomic E-state index is 0.114. The van der Waals surface area contributed by atoms with Crippen LogP contribution in [0.5, 0.6) is 0 Å². The number of hydrogen-bond acceptors (Lipinski definition) is 5.